The fourth-order valence-electron chi connectivity index (χ4n) is 2.38. The molecule has 1 aromatic rings. The van der Waals surface area contributed by atoms with Gasteiger partial charge < -0.3 is 10.5 Å². The van der Waals surface area contributed by atoms with Crippen LogP contribution in [0.1, 0.15) is 30.9 Å². The van der Waals surface area contributed by atoms with Gasteiger partial charge in [-0.05, 0) is 50.2 Å². The van der Waals surface area contributed by atoms with Crippen molar-refractivity contribution in [2.75, 3.05) is 7.11 Å². The molecule has 1 aliphatic carbocycles. The standard InChI is InChI=1S/C14H21NO/c1-10-4-5-13(16-3)12(8-10)9-14(6-7-14)11(2)15/h4-5,8,11H,6-7,9,15H2,1-3H3. The fraction of sp³-hybridized carbons (Fsp3) is 0.571. The lowest BCUT2D eigenvalue weighted by molar-refractivity contribution is 0.385. The molecule has 1 aromatic carbocycles. The molecule has 1 aliphatic rings. The van der Waals surface area contributed by atoms with Gasteiger partial charge in [0.2, 0.25) is 0 Å². The van der Waals surface area contributed by atoms with Crippen LogP contribution >= 0.6 is 0 Å². The van der Waals surface area contributed by atoms with E-state index in [1.165, 1.54) is 24.0 Å². The molecular weight excluding hydrogens is 198 g/mol. The number of aryl methyl sites for hydroxylation is 1. The molecule has 0 bridgehead atoms. The molecular formula is C14H21NO. The zero-order chi connectivity index (χ0) is 11.8. The molecule has 0 aliphatic heterocycles. The van der Waals surface area contributed by atoms with Crippen LogP contribution in [0.15, 0.2) is 18.2 Å². The highest BCUT2D eigenvalue weighted by atomic mass is 16.5. The molecule has 2 heteroatoms. The number of benzene rings is 1. The van der Waals surface area contributed by atoms with E-state index in [9.17, 15) is 0 Å². The van der Waals surface area contributed by atoms with Crippen molar-refractivity contribution in [1.82, 2.24) is 0 Å². The fourth-order valence-corrected chi connectivity index (χ4v) is 2.38. The van der Waals surface area contributed by atoms with Gasteiger partial charge in [-0.3, -0.25) is 0 Å². The molecule has 1 unspecified atom stereocenters. The average Bonchev–Trinajstić information content (AvgIpc) is 2.99. The molecule has 88 valence electrons. The molecule has 0 aromatic heterocycles. The Hall–Kier alpha value is -1.02. The summed E-state index contributed by atoms with van der Waals surface area (Å²) in [5.41, 5.74) is 8.99. The summed E-state index contributed by atoms with van der Waals surface area (Å²) in [4.78, 5) is 0. The largest absolute Gasteiger partial charge is 0.496 e. The van der Waals surface area contributed by atoms with Crippen molar-refractivity contribution in [2.24, 2.45) is 11.1 Å². The molecule has 1 fully saturated rings. The van der Waals surface area contributed by atoms with Crippen molar-refractivity contribution in [3.63, 3.8) is 0 Å². The Bertz CT molecular complexity index is 380. The van der Waals surface area contributed by atoms with E-state index in [0.29, 0.717) is 5.41 Å². The molecule has 2 rings (SSSR count). The van der Waals surface area contributed by atoms with Gasteiger partial charge in [0.05, 0.1) is 7.11 Å². The van der Waals surface area contributed by atoms with Gasteiger partial charge in [0, 0.05) is 6.04 Å². The molecule has 0 radical (unpaired) electrons. The predicted octanol–water partition coefficient (Wildman–Crippen LogP) is 2.67. The summed E-state index contributed by atoms with van der Waals surface area (Å²) < 4.78 is 5.41. The summed E-state index contributed by atoms with van der Waals surface area (Å²) in [5.74, 6) is 0.998. The monoisotopic (exact) mass is 219 g/mol. The topological polar surface area (TPSA) is 35.2 Å². The van der Waals surface area contributed by atoms with Crippen molar-refractivity contribution < 1.29 is 4.74 Å². The molecule has 0 amide bonds. The van der Waals surface area contributed by atoms with E-state index in [1.54, 1.807) is 7.11 Å². The van der Waals surface area contributed by atoms with E-state index in [2.05, 4.69) is 32.0 Å². The van der Waals surface area contributed by atoms with Gasteiger partial charge in [-0.1, -0.05) is 17.7 Å². The second-order valence-corrected chi connectivity index (χ2v) is 5.14. The lowest BCUT2D eigenvalue weighted by Gasteiger charge is -2.21. The molecule has 2 nitrogen and oxygen atoms in total. The number of rotatable bonds is 4. The Labute approximate surface area is 97.8 Å². The predicted molar refractivity (Wildman–Crippen MR) is 66.8 cm³/mol. The number of ether oxygens (including phenoxy) is 1. The summed E-state index contributed by atoms with van der Waals surface area (Å²) >= 11 is 0. The van der Waals surface area contributed by atoms with Gasteiger partial charge in [-0.15, -0.1) is 0 Å². The van der Waals surface area contributed by atoms with Crippen LogP contribution in [0.5, 0.6) is 5.75 Å². The third-order valence-electron chi connectivity index (χ3n) is 3.84. The first-order valence-electron chi connectivity index (χ1n) is 5.96. The molecule has 2 N–H and O–H groups in total. The molecule has 16 heavy (non-hydrogen) atoms. The van der Waals surface area contributed by atoms with E-state index >= 15 is 0 Å². The summed E-state index contributed by atoms with van der Waals surface area (Å²) in [5, 5.41) is 0. The van der Waals surface area contributed by atoms with Crippen molar-refractivity contribution in [3.8, 4) is 5.75 Å². The zero-order valence-electron chi connectivity index (χ0n) is 10.4. The minimum atomic E-state index is 0.276. The highest BCUT2D eigenvalue weighted by Crippen LogP contribution is 2.51. The number of hydrogen-bond acceptors (Lipinski definition) is 2. The molecule has 0 heterocycles. The third kappa shape index (κ3) is 2.07. The van der Waals surface area contributed by atoms with Gasteiger partial charge in [-0.2, -0.15) is 0 Å². The first kappa shape index (κ1) is 11.5. The van der Waals surface area contributed by atoms with Gasteiger partial charge in [0.15, 0.2) is 0 Å². The number of hydrogen-bond donors (Lipinski definition) is 1. The van der Waals surface area contributed by atoms with Crippen molar-refractivity contribution >= 4 is 0 Å². The lowest BCUT2D eigenvalue weighted by atomic mass is 9.89. The van der Waals surface area contributed by atoms with Crippen LogP contribution in [0.25, 0.3) is 0 Å². The Morgan fingerprint density at radius 3 is 2.62 bits per heavy atom. The lowest BCUT2D eigenvalue weighted by Crippen LogP contribution is -2.29. The number of methoxy groups -OCH3 is 1. The van der Waals surface area contributed by atoms with Crippen LogP contribution in [0.3, 0.4) is 0 Å². The Morgan fingerprint density at radius 1 is 1.44 bits per heavy atom. The Morgan fingerprint density at radius 2 is 2.12 bits per heavy atom. The van der Waals surface area contributed by atoms with Gasteiger partial charge in [-0.25, -0.2) is 0 Å². The highest BCUT2D eigenvalue weighted by Gasteiger charge is 2.46. The van der Waals surface area contributed by atoms with Gasteiger partial charge >= 0.3 is 0 Å². The molecule has 0 spiro atoms. The van der Waals surface area contributed by atoms with E-state index in [0.717, 1.165) is 12.2 Å². The Kier molecular flexibility index (Phi) is 2.94. The molecule has 1 saturated carbocycles. The van der Waals surface area contributed by atoms with Crippen LogP contribution < -0.4 is 10.5 Å². The smallest absolute Gasteiger partial charge is 0.122 e. The van der Waals surface area contributed by atoms with Crippen molar-refractivity contribution in [3.05, 3.63) is 29.3 Å². The first-order valence-corrected chi connectivity index (χ1v) is 5.96. The maximum atomic E-state index is 6.07. The van der Waals surface area contributed by atoms with E-state index in [4.69, 9.17) is 10.5 Å². The van der Waals surface area contributed by atoms with Gasteiger partial charge in [0.25, 0.3) is 0 Å². The Balaban J connectivity index is 2.23. The summed E-state index contributed by atoms with van der Waals surface area (Å²) in [6.07, 6.45) is 3.55. The quantitative estimate of drug-likeness (QED) is 0.845. The van der Waals surface area contributed by atoms with Crippen LogP contribution in [0, 0.1) is 12.3 Å². The SMILES string of the molecule is COc1ccc(C)cc1CC1(C(C)N)CC1. The van der Waals surface area contributed by atoms with Crippen molar-refractivity contribution in [2.45, 2.75) is 39.2 Å². The normalized spacial score (nSPS) is 19.2. The minimum absolute atomic E-state index is 0.276. The summed E-state index contributed by atoms with van der Waals surface area (Å²) in [6.45, 7) is 4.24. The zero-order valence-corrected chi connectivity index (χ0v) is 10.4. The first-order chi connectivity index (χ1) is 7.57. The maximum absolute atomic E-state index is 6.07. The second-order valence-electron chi connectivity index (χ2n) is 5.14. The average molecular weight is 219 g/mol. The van der Waals surface area contributed by atoms with E-state index in [1.807, 2.05) is 0 Å². The van der Waals surface area contributed by atoms with Crippen LogP contribution in [-0.2, 0) is 6.42 Å². The summed E-state index contributed by atoms with van der Waals surface area (Å²) in [7, 11) is 1.74. The second kappa shape index (κ2) is 4.10. The van der Waals surface area contributed by atoms with E-state index < -0.39 is 0 Å². The highest BCUT2D eigenvalue weighted by molar-refractivity contribution is 5.38. The minimum Gasteiger partial charge on any atom is -0.496 e. The summed E-state index contributed by atoms with van der Waals surface area (Å²) in [6, 6.07) is 6.65. The van der Waals surface area contributed by atoms with Crippen LogP contribution in [0.2, 0.25) is 0 Å². The van der Waals surface area contributed by atoms with Crippen LogP contribution in [0.4, 0.5) is 0 Å². The van der Waals surface area contributed by atoms with Crippen molar-refractivity contribution in [1.29, 1.82) is 0 Å². The molecule has 0 saturated heterocycles. The maximum Gasteiger partial charge on any atom is 0.122 e. The van der Waals surface area contributed by atoms with E-state index in [-0.39, 0.29) is 6.04 Å². The molecule has 1 atom stereocenters. The van der Waals surface area contributed by atoms with Gasteiger partial charge in [0.1, 0.15) is 5.75 Å². The third-order valence-corrected chi connectivity index (χ3v) is 3.84. The van der Waals surface area contributed by atoms with Crippen LogP contribution in [-0.4, -0.2) is 13.2 Å². The number of nitrogens with two attached hydrogens (primary N) is 1.